The second-order valence-corrected chi connectivity index (χ2v) is 6.03. The van der Waals surface area contributed by atoms with Crippen LogP contribution >= 0.6 is 11.6 Å². The Morgan fingerprint density at radius 3 is 2.52 bits per heavy atom. The van der Waals surface area contributed by atoms with Crippen LogP contribution in [-0.4, -0.2) is 67.8 Å². The molecule has 0 radical (unpaired) electrons. The van der Waals surface area contributed by atoms with Gasteiger partial charge in [0, 0.05) is 44.3 Å². The molecule has 0 aromatic heterocycles. The number of anilines is 1. The lowest BCUT2D eigenvalue weighted by molar-refractivity contribution is -0.114. The highest BCUT2D eigenvalue weighted by atomic mass is 35.5. The molecular weight excluding hydrogens is 290 g/mol. The number of halogens is 1. The van der Waals surface area contributed by atoms with E-state index < -0.39 is 11.7 Å². The van der Waals surface area contributed by atoms with Crippen molar-refractivity contribution in [2.45, 2.75) is 0 Å². The predicted octanol–water partition coefficient (Wildman–Crippen LogP) is 1.12. The van der Waals surface area contributed by atoms with E-state index in [4.69, 9.17) is 11.6 Å². The average molecular weight is 308 g/mol. The van der Waals surface area contributed by atoms with Crippen LogP contribution in [0.25, 0.3) is 0 Å². The second-order valence-electron chi connectivity index (χ2n) is 5.59. The van der Waals surface area contributed by atoms with E-state index in [1.54, 1.807) is 23.1 Å². The van der Waals surface area contributed by atoms with Crippen molar-refractivity contribution in [1.29, 1.82) is 0 Å². The minimum absolute atomic E-state index is 0.431. The van der Waals surface area contributed by atoms with Crippen molar-refractivity contribution in [2.75, 3.05) is 51.2 Å². The SMILES string of the molecule is CN1CCN(CCN2C(=O)C(=O)c3ccc(Cl)cc32)CC1. The van der Waals surface area contributed by atoms with E-state index in [-0.39, 0.29) is 0 Å². The maximum Gasteiger partial charge on any atom is 0.299 e. The molecule has 2 aliphatic rings. The number of carbonyl (C=O) groups excluding carboxylic acids is 2. The molecule has 0 atom stereocenters. The Morgan fingerprint density at radius 2 is 1.81 bits per heavy atom. The largest absolute Gasteiger partial charge is 0.304 e. The van der Waals surface area contributed by atoms with E-state index in [1.165, 1.54) is 0 Å². The Bertz CT molecular complexity index is 582. The van der Waals surface area contributed by atoms with E-state index in [1.807, 2.05) is 0 Å². The fourth-order valence-electron chi connectivity index (χ4n) is 2.80. The lowest BCUT2D eigenvalue weighted by atomic mass is 10.1. The molecule has 6 heteroatoms. The number of hydrogen-bond donors (Lipinski definition) is 0. The van der Waals surface area contributed by atoms with Gasteiger partial charge in [-0.1, -0.05) is 11.6 Å². The molecule has 3 rings (SSSR count). The van der Waals surface area contributed by atoms with Gasteiger partial charge in [-0.15, -0.1) is 0 Å². The summed E-state index contributed by atoms with van der Waals surface area (Å²) < 4.78 is 0. The second kappa shape index (κ2) is 5.75. The smallest absolute Gasteiger partial charge is 0.299 e. The van der Waals surface area contributed by atoms with Crippen LogP contribution in [0.15, 0.2) is 18.2 Å². The molecule has 1 fully saturated rings. The van der Waals surface area contributed by atoms with Crippen molar-refractivity contribution in [3.05, 3.63) is 28.8 Å². The summed E-state index contributed by atoms with van der Waals surface area (Å²) in [6, 6.07) is 4.98. The van der Waals surface area contributed by atoms with Crippen LogP contribution in [0.4, 0.5) is 5.69 Å². The number of amides is 1. The van der Waals surface area contributed by atoms with Gasteiger partial charge in [0.25, 0.3) is 11.7 Å². The van der Waals surface area contributed by atoms with Crippen molar-refractivity contribution in [3.8, 4) is 0 Å². The first-order chi connectivity index (χ1) is 10.1. The molecule has 0 spiro atoms. The number of fused-ring (bicyclic) bond motifs is 1. The lowest BCUT2D eigenvalue weighted by Crippen LogP contribution is -2.47. The van der Waals surface area contributed by atoms with Gasteiger partial charge in [0.2, 0.25) is 0 Å². The number of nitrogens with zero attached hydrogens (tertiary/aromatic N) is 3. The third-order valence-corrected chi connectivity index (χ3v) is 4.41. The summed E-state index contributed by atoms with van der Waals surface area (Å²) >= 11 is 5.98. The number of likely N-dealkylation sites (N-methyl/N-ethyl adjacent to an activating group) is 1. The summed E-state index contributed by atoms with van der Waals surface area (Å²) in [4.78, 5) is 30.2. The zero-order chi connectivity index (χ0) is 15.0. The standard InChI is InChI=1S/C15H18ClN3O2/c1-17-4-6-18(7-5-17)8-9-19-13-10-11(16)2-3-12(13)14(20)15(19)21/h2-3,10H,4-9H2,1H3. The minimum atomic E-state index is -0.443. The number of hydrogen-bond acceptors (Lipinski definition) is 4. The molecule has 112 valence electrons. The van der Waals surface area contributed by atoms with E-state index in [0.29, 0.717) is 22.8 Å². The summed E-state index contributed by atoms with van der Waals surface area (Å²) in [7, 11) is 2.11. The molecule has 1 aromatic rings. The van der Waals surface area contributed by atoms with Crippen LogP contribution in [0.2, 0.25) is 5.02 Å². The van der Waals surface area contributed by atoms with Crippen LogP contribution in [-0.2, 0) is 4.79 Å². The van der Waals surface area contributed by atoms with Crippen LogP contribution in [0, 0.1) is 0 Å². The fourth-order valence-corrected chi connectivity index (χ4v) is 2.97. The quantitative estimate of drug-likeness (QED) is 0.785. The summed E-state index contributed by atoms with van der Waals surface area (Å²) in [6.45, 7) is 5.37. The Morgan fingerprint density at radius 1 is 1.10 bits per heavy atom. The number of carbonyl (C=O) groups is 2. The van der Waals surface area contributed by atoms with Gasteiger partial charge >= 0.3 is 0 Å². The maximum absolute atomic E-state index is 12.1. The van der Waals surface area contributed by atoms with Gasteiger partial charge < -0.3 is 9.80 Å². The first kappa shape index (κ1) is 14.5. The Hall–Kier alpha value is -1.43. The van der Waals surface area contributed by atoms with Crippen LogP contribution in [0.5, 0.6) is 0 Å². The average Bonchev–Trinajstić information content (AvgIpc) is 2.70. The lowest BCUT2D eigenvalue weighted by Gasteiger charge is -2.33. The molecule has 2 aliphatic heterocycles. The Labute approximate surface area is 129 Å². The number of rotatable bonds is 3. The van der Waals surface area contributed by atoms with Gasteiger partial charge in [0.1, 0.15) is 0 Å². The topological polar surface area (TPSA) is 43.9 Å². The van der Waals surface area contributed by atoms with E-state index >= 15 is 0 Å². The van der Waals surface area contributed by atoms with Crippen molar-refractivity contribution in [1.82, 2.24) is 9.80 Å². The third-order valence-electron chi connectivity index (χ3n) is 4.17. The van der Waals surface area contributed by atoms with Gasteiger partial charge in [-0.25, -0.2) is 0 Å². The van der Waals surface area contributed by atoms with Gasteiger partial charge in [0.15, 0.2) is 0 Å². The molecule has 0 aliphatic carbocycles. The summed E-state index contributed by atoms with van der Waals surface area (Å²) in [5, 5.41) is 0.542. The summed E-state index contributed by atoms with van der Waals surface area (Å²) in [6.07, 6.45) is 0. The molecule has 21 heavy (non-hydrogen) atoms. The van der Waals surface area contributed by atoms with Crippen molar-refractivity contribution < 1.29 is 9.59 Å². The zero-order valence-corrected chi connectivity index (χ0v) is 12.8. The number of benzene rings is 1. The Kier molecular flexibility index (Phi) is 3.97. The van der Waals surface area contributed by atoms with E-state index in [9.17, 15) is 9.59 Å². The Balaban J connectivity index is 1.70. The van der Waals surface area contributed by atoms with Crippen LogP contribution in [0.1, 0.15) is 10.4 Å². The van der Waals surface area contributed by atoms with Crippen molar-refractivity contribution in [3.63, 3.8) is 0 Å². The normalized spacial score (nSPS) is 20.2. The molecule has 0 bridgehead atoms. The van der Waals surface area contributed by atoms with Gasteiger partial charge in [0.05, 0.1) is 11.3 Å². The van der Waals surface area contributed by atoms with Gasteiger partial charge in [-0.3, -0.25) is 14.5 Å². The van der Waals surface area contributed by atoms with Crippen LogP contribution < -0.4 is 4.90 Å². The molecule has 1 aromatic carbocycles. The van der Waals surface area contributed by atoms with Crippen molar-refractivity contribution >= 4 is 29.0 Å². The molecule has 0 saturated carbocycles. The van der Waals surface area contributed by atoms with Crippen LogP contribution in [0.3, 0.4) is 0 Å². The monoisotopic (exact) mass is 307 g/mol. The predicted molar refractivity (Wildman–Crippen MR) is 82.1 cm³/mol. The molecule has 0 N–H and O–H groups in total. The van der Waals surface area contributed by atoms with E-state index in [2.05, 4.69) is 16.8 Å². The summed E-state index contributed by atoms with van der Waals surface area (Å²) in [5.41, 5.74) is 1.11. The number of Topliss-reactive ketones (excluding diaryl/α,β-unsaturated/α-hetero) is 1. The molecule has 1 saturated heterocycles. The van der Waals surface area contributed by atoms with Crippen molar-refractivity contribution in [2.24, 2.45) is 0 Å². The summed E-state index contributed by atoms with van der Waals surface area (Å²) in [5.74, 6) is -0.874. The van der Waals surface area contributed by atoms with Gasteiger partial charge in [-0.05, 0) is 25.2 Å². The molecule has 1 amide bonds. The third kappa shape index (κ3) is 2.81. The van der Waals surface area contributed by atoms with Gasteiger partial charge in [-0.2, -0.15) is 0 Å². The zero-order valence-electron chi connectivity index (χ0n) is 12.0. The molecule has 5 nitrogen and oxygen atoms in total. The highest BCUT2D eigenvalue weighted by Gasteiger charge is 2.35. The number of ketones is 1. The highest BCUT2D eigenvalue weighted by Crippen LogP contribution is 2.31. The molecule has 0 unspecified atom stereocenters. The fraction of sp³-hybridized carbons (Fsp3) is 0.467. The first-order valence-corrected chi connectivity index (χ1v) is 7.51. The van der Waals surface area contributed by atoms with E-state index in [0.717, 1.165) is 32.7 Å². The molecular formula is C15H18ClN3O2. The highest BCUT2D eigenvalue weighted by molar-refractivity contribution is 6.52. The molecule has 2 heterocycles. The first-order valence-electron chi connectivity index (χ1n) is 7.13. The minimum Gasteiger partial charge on any atom is -0.304 e. The maximum atomic E-state index is 12.1. The number of piperazine rings is 1.